The van der Waals surface area contributed by atoms with Crippen molar-refractivity contribution < 1.29 is 8.78 Å². The smallest absolute Gasteiger partial charge is 0.149 e. The van der Waals surface area contributed by atoms with E-state index in [9.17, 15) is 8.78 Å². The zero-order valence-corrected chi connectivity index (χ0v) is 8.28. The number of nitrogens with zero attached hydrogens (tertiary/aromatic N) is 1. The minimum Gasteiger partial charge on any atom is -0.205 e. The van der Waals surface area contributed by atoms with E-state index < -0.39 is 22.6 Å². The van der Waals surface area contributed by atoms with Gasteiger partial charge in [0.2, 0.25) is 0 Å². The van der Waals surface area contributed by atoms with Crippen LogP contribution in [0.15, 0.2) is 12.1 Å². The zero-order chi connectivity index (χ0) is 10.7. The lowest BCUT2D eigenvalue weighted by Crippen LogP contribution is -1.99. The summed E-state index contributed by atoms with van der Waals surface area (Å²) in [5.41, 5.74) is 0.154. The van der Waals surface area contributed by atoms with E-state index in [4.69, 9.17) is 16.9 Å². The Morgan fingerprint density at radius 2 is 2.14 bits per heavy atom. The summed E-state index contributed by atoms with van der Waals surface area (Å²) in [6.45, 7) is 1.75. The maximum absolute atomic E-state index is 13.4. The van der Waals surface area contributed by atoms with Crippen molar-refractivity contribution in [1.29, 1.82) is 5.26 Å². The Balaban J connectivity index is 3.24. The van der Waals surface area contributed by atoms with Gasteiger partial charge in [-0.05, 0) is 12.5 Å². The lowest BCUT2D eigenvalue weighted by molar-refractivity contribution is 0.565. The lowest BCUT2D eigenvalue weighted by Gasteiger charge is -2.08. The van der Waals surface area contributed by atoms with Crippen molar-refractivity contribution >= 4 is 11.6 Å². The van der Waals surface area contributed by atoms with Crippen molar-refractivity contribution in [3.05, 3.63) is 34.4 Å². The predicted octanol–water partition coefficient (Wildman–Crippen LogP) is 3.64. The molecule has 1 rings (SSSR count). The first-order chi connectivity index (χ1) is 6.61. The number of benzene rings is 1. The molecule has 1 unspecified atom stereocenters. The fourth-order valence-electron chi connectivity index (χ4n) is 1.19. The maximum atomic E-state index is 13.4. The van der Waals surface area contributed by atoms with Crippen molar-refractivity contribution in [2.75, 3.05) is 0 Å². The molecular weight excluding hydrogens is 208 g/mol. The van der Waals surface area contributed by atoms with Crippen molar-refractivity contribution in [2.45, 2.75) is 19.3 Å². The summed E-state index contributed by atoms with van der Waals surface area (Å²) in [7, 11) is 0. The Labute approximate surface area is 85.9 Å². The van der Waals surface area contributed by atoms with E-state index in [1.807, 2.05) is 6.07 Å². The molecule has 0 aliphatic heterocycles. The van der Waals surface area contributed by atoms with Crippen LogP contribution in [0.5, 0.6) is 0 Å². The number of rotatable bonds is 2. The first-order valence-corrected chi connectivity index (χ1v) is 4.52. The van der Waals surface area contributed by atoms with E-state index in [0.717, 1.165) is 6.07 Å². The average molecular weight is 216 g/mol. The molecule has 1 aromatic carbocycles. The largest absolute Gasteiger partial charge is 0.205 e. The van der Waals surface area contributed by atoms with Gasteiger partial charge >= 0.3 is 0 Å². The van der Waals surface area contributed by atoms with Gasteiger partial charge in [-0.1, -0.05) is 24.6 Å². The van der Waals surface area contributed by atoms with E-state index >= 15 is 0 Å². The normalized spacial score (nSPS) is 12.2. The molecule has 0 bridgehead atoms. The summed E-state index contributed by atoms with van der Waals surface area (Å²) < 4.78 is 26.1. The molecule has 0 saturated carbocycles. The molecule has 0 fully saturated rings. The molecule has 0 N–H and O–H groups in total. The van der Waals surface area contributed by atoms with Gasteiger partial charge in [0, 0.05) is 5.56 Å². The zero-order valence-electron chi connectivity index (χ0n) is 7.52. The molecule has 1 aromatic rings. The van der Waals surface area contributed by atoms with Crippen molar-refractivity contribution in [3.8, 4) is 6.07 Å². The monoisotopic (exact) mass is 215 g/mol. The molecule has 0 aliphatic carbocycles. The van der Waals surface area contributed by atoms with Crippen LogP contribution in [-0.4, -0.2) is 0 Å². The van der Waals surface area contributed by atoms with Crippen molar-refractivity contribution in [1.82, 2.24) is 0 Å². The second-order valence-electron chi connectivity index (χ2n) is 2.85. The van der Waals surface area contributed by atoms with Crippen LogP contribution in [0.3, 0.4) is 0 Å². The van der Waals surface area contributed by atoms with Crippen molar-refractivity contribution in [3.63, 3.8) is 0 Å². The Morgan fingerprint density at radius 1 is 1.50 bits per heavy atom. The molecule has 74 valence electrons. The third kappa shape index (κ3) is 1.85. The number of halogens is 3. The predicted molar refractivity (Wildman–Crippen MR) is 50.0 cm³/mol. The van der Waals surface area contributed by atoms with Crippen molar-refractivity contribution in [2.24, 2.45) is 0 Å². The third-order valence-electron chi connectivity index (χ3n) is 2.00. The van der Waals surface area contributed by atoms with Crippen LogP contribution in [0.2, 0.25) is 5.02 Å². The van der Waals surface area contributed by atoms with E-state index in [2.05, 4.69) is 0 Å². The SMILES string of the molecule is CCC(C#N)c1ccc(F)c(Cl)c1F. The summed E-state index contributed by atoms with van der Waals surface area (Å²) in [4.78, 5) is 0. The van der Waals surface area contributed by atoms with E-state index in [-0.39, 0.29) is 5.56 Å². The van der Waals surface area contributed by atoms with Gasteiger partial charge in [0.05, 0.1) is 12.0 Å². The fraction of sp³-hybridized carbons (Fsp3) is 0.300. The Kier molecular flexibility index (Phi) is 3.43. The molecular formula is C10H8ClF2N. The van der Waals surface area contributed by atoms with Crippen LogP contribution in [0.1, 0.15) is 24.8 Å². The van der Waals surface area contributed by atoms with Crippen LogP contribution in [0, 0.1) is 23.0 Å². The van der Waals surface area contributed by atoms with Crippen LogP contribution < -0.4 is 0 Å². The minimum absolute atomic E-state index is 0.154. The van der Waals surface area contributed by atoms with Gasteiger partial charge in [0.15, 0.2) is 0 Å². The molecule has 0 heterocycles. The highest BCUT2D eigenvalue weighted by Gasteiger charge is 2.17. The molecule has 0 radical (unpaired) electrons. The van der Waals surface area contributed by atoms with Crippen LogP contribution >= 0.6 is 11.6 Å². The maximum Gasteiger partial charge on any atom is 0.149 e. The highest BCUT2D eigenvalue weighted by atomic mass is 35.5. The molecule has 1 nitrogen and oxygen atoms in total. The van der Waals surface area contributed by atoms with E-state index in [1.54, 1.807) is 6.92 Å². The van der Waals surface area contributed by atoms with Gasteiger partial charge in [0.25, 0.3) is 0 Å². The number of hydrogen-bond acceptors (Lipinski definition) is 1. The number of hydrogen-bond donors (Lipinski definition) is 0. The molecule has 0 aromatic heterocycles. The Hall–Kier alpha value is -1.14. The quantitative estimate of drug-likeness (QED) is 0.691. The standard InChI is InChI=1S/C10H8ClF2N/c1-2-6(5-14)7-3-4-8(12)9(11)10(7)13/h3-4,6H,2H2,1H3. The Bertz CT molecular complexity index is 384. The summed E-state index contributed by atoms with van der Waals surface area (Å²) in [5, 5.41) is 8.17. The first-order valence-electron chi connectivity index (χ1n) is 4.14. The van der Waals surface area contributed by atoms with Gasteiger partial charge < -0.3 is 0 Å². The highest BCUT2D eigenvalue weighted by molar-refractivity contribution is 6.30. The molecule has 4 heteroatoms. The minimum atomic E-state index is -0.833. The van der Waals surface area contributed by atoms with Gasteiger partial charge in [-0.3, -0.25) is 0 Å². The first kappa shape index (κ1) is 10.9. The van der Waals surface area contributed by atoms with Crippen LogP contribution in [0.4, 0.5) is 8.78 Å². The highest BCUT2D eigenvalue weighted by Crippen LogP contribution is 2.28. The summed E-state index contributed by atoms with van der Waals surface area (Å²) >= 11 is 5.38. The molecule has 0 aliphatic rings. The van der Waals surface area contributed by atoms with Crippen LogP contribution in [0.25, 0.3) is 0 Å². The second-order valence-corrected chi connectivity index (χ2v) is 3.23. The van der Waals surface area contributed by atoms with Gasteiger partial charge in [-0.15, -0.1) is 0 Å². The van der Waals surface area contributed by atoms with Crippen LogP contribution in [-0.2, 0) is 0 Å². The van der Waals surface area contributed by atoms with E-state index in [0.29, 0.717) is 6.42 Å². The molecule has 0 saturated heterocycles. The summed E-state index contributed by atoms with van der Waals surface area (Å²) in [6, 6.07) is 4.26. The molecule has 0 spiro atoms. The van der Waals surface area contributed by atoms with Gasteiger partial charge in [-0.2, -0.15) is 5.26 Å². The Morgan fingerprint density at radius 3 is 2.64 bits per heavy atom. The fourth-order valence-corrected chi connectivity index (χ4v) is 1.36. The second kappa shape index (κ2) is 4.39. The van der Waals surface area contributed by atoms with Gasteiger partial charge in [-0.25, -0.2) is 8.78 Å². The third-order valence-corrected chi connectivity index (χ3v) is 2.35. The average Bonchev–Trinajstić information content (AvgIpc) is 2.19. The van der Waals surface area contributed by atoms with Gasteiger partial charge in [0.1, 0.15) is 16.7 Å². The lowest BCUT2D eigenvalue weighted by atomic mass is 9.97. The summed E-state index contributed by atoms with van der Waals surface area (Å²) in [5.74, 6) is -2.21. The number of nitriles is 1. The molecule has 1 atom stereocenters. The molecule has 14 heavy (non-hydrogen) atoms. The molecule has 0 amide bonds. The summed E-state index contributed by atoms with van der Waals surface area (Å²) in [6.07, 6.45) is 0.468. The topological polar surface area (TPSA) is 23.8 Å². The van der Waals surface area contributed by atoms with E-state index in [1.165, 1.54) is 6.07 Å².